The highest BCUT2D eigenvalue weighted by Gasteiger charge is 2.36. The maximum Gasteiger partial charge on any atom is 0.118 e. The lowest BCUT2D eigenvalue weighted by molar-refractivity contribution is -0.161. The molecule has 0 aromatic heterocycles. The van der Waals surface area contributed by atoms with Crippen LogP contribution >= 0.6 is 12.2 Å². The van der Waals surface area contributed by atoms with Gasteiger partial charge >= 0.3 is 0 Å². The molecule has 0 aliphatic heterocycles. The van der Waals surface area contributed by atoms with E-state index in [-0.39, 0.29) is 0 Å². The van der Waals surface area contributed by atoms with Gasteiger partial charge < -0.3 is 19.3 Å². The molecule has 0 saturated carbocycles. The van der Waals surface area contributed by atoms with Gasteiger partial charge in [-0.3, -0.25) is 0 Å². The van der Waals surface area contributed by atoms with Crippen LogP contribution < -0.4 is 0 Å². The van der Waals surface area contributed by atoms with E-state index in [2.05, 4.69) is 0 Å². The van der Waals surface area contributed by atoms with Crippen molar-refractivity contribution >= 4 is 17.1 Å². The van der Waals surface area contributed by atoms with Crippen molar-refractivity contribution in [2.75, 3.05) is 0 Å². The number of hydrogen-bond acceptors (Lipinski definition) is 5. The van der Waals surface area contributed by atoms with Crippen LogP contribution in [0.2, 0.25) is 0 Å². The molecule has 4 nitrogen and oxygen atoms in total. The lowest BCUT2D eigenvalue weighted by atomic mass is 10.0. The van der Waals surface area contributed by atoms with Crippen LogP contribution in [0.25, 0.3) is 0 Å². The molecule has 0 bridgehead atoms. The Morgan fingerprint density at radius 2 is 1.03 bits per heavy atom. The van der Waals surface area contributed by atoms with Gasteiger partial charge in [0.25, 0.3) is 0 Å². The highest BCUT2D eigenvalue weighted by Crippen LogP contribution is 2.22. The molecule has 3 aromatic carbocycles. The van der Waals surface area contributed by atoms with E-state index in [1.165, 1.54) is 0 Å². The normalized spacial score (nSPS) is 14.9. The van der Waals surface area contributed by atoms with Crippen molar-refractivity contribution in [3.05, 3.63) is 108 Å². The molecular weight excluding hydrogens is 432 g/mol. The first-order chi connectivity index (χ1) is 16.0. The number of ether oxygens (including phenoxy) is 3. The molecule has 5 heteroatoms. The Labute approximate surface area is 202 Å². The first-order valence-corrected chi connectivity index (χ1v) is 11.6. The van der Waals surface area contributed by atoms with Crippen molar-refractivity contribution in [1.29, 1.82) is 0 Å². The number of rotatable bonds is 13. The van der Waals surface area contributed by atoms with Crippen LogP contribution in [0, 0.1) is 0 Å². The summed E-state index contributed by atoms with van der Waals surface area (Å²) < 4.78 is 18.8. The maximum atomic E-state index is 10.7. The molecule has 0 heterocycles. The van der Waals surface area contributed by atoms with E-state index in [9.17, 15) is 5.11 Å². The topological polar surface area (TPSA) is 47.9 Å². The predicted octanol–water partition coefficient (Wildman–Crippen LogP) is 5.51. The molecule has 0 radical (unpaired) electrons. The molecule has 3 aromatic rings. The van der Waals surface area contributed by atoms with E-state index < -0.39 is 24.4 Å². The van der Waals surface area contributed by atoms with Crippen LogP contribution in [0.4, 0.5) is 0 Å². The minimum atomic E-state index is -0.785. The summed E-state index contributed by atoms with van der Waals surface area (Å²) >= 11 is 5.58. The van der Waals surface area contributed by atoms with Crippen LogP contribution in [-0.4, -0.2) is 34.4 Å². The molecule has 3 rings (SSSR count). The molecule has 0 amide bonds. The molecule has 0 aliphatic rings. The van der Waals surface area contributed by atoms with E-state index in [4.69, 9.17) is 26.4 Å². The second-order valence-corrected chi connectivity index (χ2v) is 8.73. The van der Waals surface area contributed by atoms with Crippen LogP contribution in [0.15, 0.2) is 91.0 Å². The Morgan fingerprint density at radius 1 is 0.667 bits per heavy atom. The summed E-state index contributed by atoms with van der Waals surface area (Å²) in [4.78, 5) is 0.651. The van der Waals surface area contributed by atoms with Gasteiger partial charge in [0.05, 0.1) is 25.9 Å². The number of hydrogen-bond donors (Lipinski definition) is 1. The lowest BCUT2D eigenvalue weighted by Gasteiger charge is -2.35. The number of aliphatic hydroxyl groups is 1. The van der Waals surface area contributed by atoms with Crippen molar-refractivity contribution in [3.8, 4) is 0 Å². The van der Waals surface area contributed by atoms with Crippen molar-refractivity contribution in [1.82, 2.24) is 0 Å². The molecule has 0 aliphatic carbocycles. The summed E-state index contributed by atoms with van der Waals surface area (Å²) in [5, 5.41) is 10.7. The molecule has 0 unspecified atom stereocenters. The average Bonchev–Trinajstić information content (AvgIpc) is 2.83. The SMILES string of the molecule is CC(=S)[C@@H](OCc1ccccc1)[C@H](OCc1ccccc1)[C@H](OCc1ccccc1)[C@H](C)O. The molecule has 33 heavy (non-hydrogen) atoms. The summed E-state index contributed by atoms with van der Waals surface area (Å²) in [6.07, 6.45) is -2.53. The summed E-state index contributed by atoms with van der Waals surface area (Å²) in [6.45, 7) is 4.65. The highest BCUT2D eigenvalue weighted by molar-refractivity contribution is 7.80. The van der Waals surface area contributed by atoms with Crippen molar-refractivity contribution in [2.45, 2.75) is 58.1 Å². The Bertz CT molecular complexity index is 947. The molecule has 0 fully saturated rings. The van der Waals surface area contributed by atoms with Gasteiger partial charge in [-0.2, -0.15) is 0 Å². The monoisotopic (exact) mass is 464 g/mol. The van der Waals surface area contributed by atoms with Gasteiger partial charge in [0.1, 0.15) is 18.3 Å². The highest BCUT2D eigenvalue weighted by atomic mass is 32.1. The fraction of sp³-hybridized carbons (Fsp3) is 0.321. The second-order valence-electron chi connectivity index (χ2n) is 8.09. The fourth-order valence-electron chi connectivity index (χ4n) is 3.60. The number of thiocarbonyl (C=S) groups is 1. The molecule has 0 spiro atoms. The first kappa shape index (κ1) is 25.2. The largest absolute Gasteiger partial charge is 0.391 e. The summed E-state index contributed by atoms with van der Waals surface area (Å²) in [5.74, 6) is 0. The standard InChI is InChI=1S/C28H32O4S/c1-21(29)26(30-18-23-12-6-3-7-13-23)28(32-20-25-16-10-5-11-17-25)27(22(2)33)31-19-24-14-8-4-9-15-24/h3-17,21,26-29H,18-20H2,1-2H3/t21-,26+,27+,28+/m0/s1. The first-order valence-electron chi connectivity index (χ1n) is 11.2. The van der Waals surface area contributed by atoms with Gasteiger partial charge in [-0.1, -0.05) is 103 Å². The Kier molecular flexibility index (Phi) is 10.2. The minimum absolute atomic E-state index is 0.351. The van der Waals surface area contributed by atoms with E-state index in [0.717, 1.165) is 16.7 Å². The predicted molar refractivity (Wildman–Crippen MR) is 135 cm³/mol. The smallest absolute Gasteiger partial charge is 0.118 e. The van der Waals surface area contributed by atoms with Gasteiger partial charge in [-0.05, 0) is 30.5 Å². The molecular formula is C28H32O4S. The zero-order valence-corrected chi connectivity index (χ0v) is 20.0. The van der Waals surface area contributed by atoms with E-state index in [0.29, 0.717) is 24.7 Å². The Balaban J connectivity index is 1.81. The van der Waals surface area contributed by atoms with Crippen molar-refractivity contribution < 1.29 is 19.3 Å². The molecule has 0 saturated heterocycles. The quantitative estimate of drug-likeness (QED) is 0.338. The van der Waals surface area contributed by atoms with E-state index >= 15 is 0 Å². The summed E-state index contributed by atoms with van der Waals surface area (Å²) in [6, 6.07) is 29.7. The summed E-state index contributed by atoms with van der Waals surface area (Å²) in [5.41, 5.74) is 3.09. The van der Waals surface area contributed by atoms with Crippen molar-refractivity contribution in [2.24, 2.45) is 0 Å². The number of aliphatic hydroxyl groups excluding tert-OH is 1. The Morgan fingerprint density at radius 3 is 1.39 bits per heavy atom. The van der Waals surface area contributed by atoms with Gasteiger partial charge in [0.15, 0.2) is 0 Å². The second kappa shape index (κ2) is 13.3. The molecule has 1 N–H and O–H groups in total. The van der Waals surface area contributed by atoms with Gasteiger partial charge in [-0.25, -0.2) is 0 Å². The van der Waals surface area contributed by atoms with Crippen LogP contribution in [0.5, 0.6) is 0 Å². The zero-order valence-electron chi connectivity index (χ0n) is 19.2. The van der Waals surface area contributed by atoms with Gasteiger partial charge in [0.2, 0.25) is 0 Å². The van der Waals surface area contributed by atoms with Crippen LogP contribution in [-0.2, 0) is 34.0 Å². The maximum absolute atomic E-state index is 10.7. The lowest BCUT2D eigenvalue weighted by Crippen LogP contribution is -2.50. The van der Waals surface area contributed by atoms with E-state index in [1.54, 1.807) is 6.92 Å². The van der Waals surface area contributed by atoms with Crippen LogP contribution in [0.1, 0.15) is 30.5 Å². The molecule has 4 atom stereocenters. The zero-order chi connectivity index (χ0) is 23.5. The van der Waals surface area contributed by atoms with Crippen LogP contribution in [0.3, 0.4) is 0 Å². The summed E-state index contributed by atoms with van der Waals surface area (Å²) in [7, 11) is 0. The average molecular weight is 465 g/mol. The minimum Gasteiger partial charge on any atom is -0.391 e. The Hall–Kier alpha value is -2.41. The number of benzene rings is 3. The van der Waals surface area contributed by atoms with Crippen molar-refractivity contribution in [3.63, 3.8) is 0 Å². The third-order valence-electron chi connectivity index (χ3n) is 5.34. The third kappa shape index (κ3) is 8.14. The fourth-order valence-corrected chi connectivity index (χ4v) is 3.80. The third-order valence-corrected chi connectivity index (χ3v) is 5.57. The molecule has 174 valence electrons. The van der Waals surface area contributed by atoms with Gasteiger partial charge in [0, 0.05) is 4.86 Å². The van der Waals surface area contributed by atoms with E-state index in [1.807, 2.05) is 97.9 Å². The van der Waals surface area contributed by atoms with Gasteiger partial charge in [-0.15, -0.1) is 0 Å².